The Balaban J connectivity index is 1.97. The van der Waals surface area contributed by atoms with Crippen molar-refractivity contribution in [3.63, 3.8) is 0 Å². The van der Waals surface area contributed by atoms with Crippen LogP contribution < -0.4 is 0 Å². The minimum absolute atomic E-state index is 0.591. The van der Waals surface area contributed by atoms with Gasteiger partial charge in [0, 0.05) is 19.1 Å². The van der Waals surface area contributed by atoms with Gasteiger partial charge in [0.15, 0.2) is 0 Å². The fourth-order valence-corrected chi connectivity index (χ4v) is 2.73. The molecule has 3 unspecified atom stereocenters. The van der Waals surface area contributed by atoms with Crippen molar-refractivity contribution >= 4 is 0 Å². The average molecular weight is 165 g/mol. The van der Waals surface area contributed by atoms with Gasteiger partial charge in [0.1, 0.15) is 0 Å². The van der Waals surface area contributed by atoms with E-state index >= 15 is 0 Å². The molecule has 1 nitrogen and oxygen atoms in total. The predicted molar refractivity (Wildman–Crippen MR) is 52.1 cm³/mol. The van der Waals surface area contributed by atoms with Crippen LogP contribution in [0.15, 0.2) is 12.7 Å². The second-order valence-corrected chi connectivity index (χ2v) is 4.48. The lowest BCUT2D eigenvalue weighted by atomic mass is 9.97. The number of hydrogen-bond donors (Lipinski definition) is 0. The van der Waals surface area contributed by atoms with Crippen molar-refractivity contribution in [1.29, 1.82) is 0 Å². The number of likely N-dealkylation sites (tertiary alicyclic amines) is 1. The Morgan fingerprint density at radius 1 is 1.33 bits per heavy atom. The molecule has 0 aromatic rings. The van der Waals surface area contributed by atoms with E-state index in [1.807, 2.05) is 0 Å². The van der Waals surface area contributed by atoms with Crippen LogP contribution in [0.25, 0.3) is 0 Å². The summed E-state index contributed by atoms with van der Waals surface area (Å²) in [6.07, 6.45) is 6.53. The van der Waals surface area contributed by atoms with Crippen LogP contribution in [0.4, 0.5) is 0 Å². The summed E-state index contributed by atoms with van der Waals surface area (Å²) >= 11 is 0. The minimum atomic E-state index is 0.591. The third kappa shape index (κ3) is 1.42. The molecule has 2 rings (SSSR count). The number of hydrogen-bond acceptors (Lipinski definition) is 1. The highest BCUT2D eigenvalue weighted by Gasteiger charge is 2.33. The molecule has 2 aliphatic rings. The molecule has 1 saturated heterocycles. The molecule has 2 bridgehead atoms. The van der Waals surface area contributed by atoms with Gasteiger partial charge in [-0.3, -0.25) is 4.90 Å². The number of piperidine rings is 1. The van der Waals surface area contributed by atoms with E-state index in [1.54, 1.807) is 0 Å². The van der Waals surface area contributed by atoms with Crippen molar-refractivity contribution in [2.24, 2.45) is 11.8 Å². The Kier molecular flexibility index (Phi) is 2.22. The maximum absolute atomic E-state index is 3.86. The highest BCUT2D eigenvalue weighted by molar-refractivity contribution is 4.92. The lowest BCUT2D eigenvalue weighted by Gasteiger charge is -2.34. The van der Waals surface area contributed by atoms with Gasteiger partial charge in [-0.15, -0.1) is 6.58 Å². The van der Waals surface area contributed by atoms with E-state index in [0.717, 1.165) is 11.8 Å². The van der Waals surface area contributed by atoms with Crippen LogP contribution in [0.5, 0.6) is 0 Å². The van der Waals surface area contributed by atoms with Crippen LogP contribution in [0, 0.1) is 11.8 Å². The van der Waals surface area contributed by atoms with E-state index < -0.39 is 0 Å². The quantitative estimate of drug-likeness (QED) is 0.567. The molecule has 0 amide bonds. The monoisotopic (exact) mass is 165 g/mol. The third-order valence-electron chi connectivity index (χ3n) is 3.55. The van der Waals surface area contributed by atoms with Gasteiger partial charge in [0.2, 0.25) is 0 Å². The standard InChI is InChI=1S/C11H19N/c1-3-9(2)12-7-10-4-5-11(6-10)8-12/h3,9-11H,1,4-8H2,2H3. The summed E-state index contributed by atoms with van der Waals surface area (Å²) in [6.45, 7) is 8.77. The first-order valence-corrected chi connectivity index (χ1v) is 5.16. The molecule has 1 saturated carbocycles. The van der Waals surface area contributed by atoms with E-state index in [-0.39, 0.29) is 0 Å². The third-order valence-corrected chi connectivity index (χ3v) is 3.55. The van der Waals surface area contributed by atoms with Crippen molar-refractivity contribution in [2.75, 3.05) is 13.1 Å². The largest absolute Gasteiger partial charge is 0.297 e. The molecule has 1 heteroatoms. The van der Waals surface area contributed by atoms with E-state index in [9.17, 15) is 0 Å². The Morgan fingerprint density at radius 3 is 2.42 bits per heavy atom. The van der Waals surface area contributed by atoms with E-state index in [4.69, 9.17) is 0 Å². The molecular formula is C11H19N. The van der Waals surface area contributed by atoms with Crippen LogP contribution in [-0.4, -0.2) is 24.0 Å². The van der Waals surface area contributed by atoms with Crippen LogP contribution in [-0.2, 0) is 0 Å². The minimum Gasteiger partial charge on any atom is -0.297 e. The van der Waals surface area contributed by atoms with Crippen molar-refractivity contribution in [1.82, 2.24) is 4.90 Å². The molecule has 0 aromatic heterocycles. The van der Waals surface area contributed by atoms with Gasteiger partial charge in [-0.05, 0) is 38.0 Å². The number of nitrogens with zero attached hydrogens (tertiary/aromatic N) is 1. The molecule has 0 spiro atoms. The Hall–Kier alpha value is -0.300. The van der Waals surface area contributed by atoms with Gasteiger partial charge < -0.3 is 0 Å². The first-order valence-electron chi connectivity index (χ1n) is 5.16. The van der Waals surface area contributed by atoms with Crippen LogP contribution in [0.3, 0.4) is 0 Å². The summed E-state index contributed by atoms with van der Waals surface area (Å²) < 4.78 is 0. The molecule has 1 aliphatic heterocycles. The Bertz CT molecular complexity index is 164. The van der Waals surface area contributed by atoms with Gasteiger partial charge in [-0.25, -0.2) is 0 Å². The number of rotatable bonds is 2. The molecular weight excluding hydrogens is 146 g/mol. The fourth-order valence-electron chi connectivity index (χ4n) is 2.73. The molecule has 68 valence electrons. The summed E-state index contributed by atoms with van der Waals surface area (Å²) in [5.41, 5.74) is 0. The molecule has 12 heavy (non-hydrogen) atoms. The molecule has 1 aliphatic carbocycles. The normalized spacial score (nSPS) is 38.1. The van der Waals surface area contributed by atoms with Crippen molar-refractivity contribution in [2.45, 2.75) is 32.2 Å². The zero-order valence-corrected chi connectivity index (χ0v) is 8.00. The van der Waals surface area contributed by atoms with Gasteiger partial charge in [-0.1, -0.05) is 6.08 Å². The topological polar surface area (TPSA) is 3.24 Å². The summed E-state index contributed by atoms with van der Waals surface area (Å²) in [5, 5.41) is 0. The van der Waals surface area contributed by atoms with E-state index in [2.05, 4.69) is 24.5 Å². The van der Waals surface area contributed by atoms with Crippen LogP contribution >= 0.6 is 0 Å². The second kappa shape index (κ2) is 3.21. The summed E-state index contributed by atoms with van der Waals surface area (Å²) in [7, 11) is 0. The predicted octanol–water partition coefficient (Wildman–Crippen LogP) is 2.29. The summed E-state index contributed by atoms with van der Waals surface area (Å²) in [6, 6.07) is 0.591. The fraction of sp³-hybridized carbons (Fsp3) is 0.818. The molecule has 2 fully saturated rings. The first-order chi connectivity index (χ1) is 5.79. The maximum atomic E-state index is 3.86. The lowest BCUT2D eigenvalue weighted by Crippen LogP contribution is -2.41. The highest BCUT2D eigenvalue weighted by Crippen LogP contribution is 2.36. The summed E-state index contributed by atoms with van der Waals surface area (Å²) in [5.74, 6) is 2.01. The number of fused-ring (bicyclic) bond motifs is 2. The van der Waals surface area contributed by atoms with E-state index in [1.165, 1.54) is 32.4 Å². The van der Waals surface area contributed by atoms with Crippen molar-refractivity contribution in [3.05, 3.63) is 12.7 Å². The zero-order chi connectivity index (χ0) is 8.55. The van der Waals surface area contributed by atoms with Gasteiger partial charge >= 0.3 is 0 Å². The van der Waals surface area contributed by atoms with Gasteiger partial charge in [0.25, 0.3) is 0 Å². The smallest absolute Gasteiger partial charge is 0.0247 e. The molecule has 0 aromatic carbocycles. The average Bonchev–Trinajstić information content (AvgIpc) is 2.44. The molecule has 1 heterocycles. The molecule has 0 radical (unpaired) electrons. The molecule has 0 N–H and O–H groups in total. The molecule has 3 atom stereocenters. The van der Waals surface area contributed by atoms with Gasteiger partial charge in [0.05, 0.1) is 0 Å². The van der Waals surface area contributed by atoms with Gasteiger partial charge in [-0.2, -0.15) is 0 Å². The Morgan fingerprint density at radius 2 is 1.92 bits per heavy atom. The maximum Gasteiger partial charge on any atom is 0.0247 e. The van der Waals surface area contributed by atoms with Crippen LogP contribution in [0.2, 0.25) is 0 Å². The zero-order valence-electron chi connectivity index (χ0n) is 8.00. The van der Waals surface area contributed by atoms with E-state index in [0.29, 0.717) is 6.04 Å². The first kappa shape index (κ1) is 8.31. The lowest BCUT2D eigenvalue weighted by molar-refractivity contribution is 0.146. The second-order valence-electron chi connectivity index (χ2n) is 4.48. The Labute approximate surface area is 75.4 Å². The highest BCUT2D eigenvalue weighted by atomic mass is 15.2. The van der Waals surface area contributed by atoms with Crippen molar-refractivity contribution in [3.8, 4) is 0 Å². The summed E-state index contributed by atoms with van der Waals surface area (Å²) in [4.78, 5) is 2.60. The van der Waals surface area contributed by atoms with Crippen LogP contribution in [0.1, 0.15) is 26.2 Å². The van der Waals surface area contributed by atoms with Crippen molar-refractivity contribution < 1.29 is 0 Å². The SMILES string of the molecule is C=CC(C)N1CC2CCC(C2)C1.